The molecule has 9 heteroatoms. The van der Waals surface area contributed by atoms with Crippen molar-refractivity contribution in [1.29, 1.82) is 0 Å². The lowest BCUT2D eigenvalue weighted by Gasteiger charge is -2.11. The van der Waals surface area contributed by atoms with Crippen LogP contribution in [0.4, 0.5) is 5.69 Å². The number of benzene rings is 2. The topological polar surface area (TPSA) is 109 Å². The third-order valence-corrected chi connectivity index (χ3v) is 4.82. The molecule has 168 valence electrons. The second kappa shape index (κ2) is 10.3. The van der Waals surface area contributed by atoms with Gasteiger partial charge in [0.25, 0.3) is 5.91 Å². The van der Waals surface area contributed by atoms with Crippen molar-refractivity contribution in [2.24, 2.45) is 0 Å². The predicted molar refractivity (Wildman–Crippen MR) is 121 cm³/mol. The molecule has 0 unspecified atom stereocenters. The first-order valence-corrected chi connectivity index (χ1v) is 10.2. The monoisotopic (exact) mass is 446 g/mol. The molecule has 0 bridgehead atoms. The number of methoxy groups -OCH3 is 2. The standard InChI is InChI=1S/C24H22N4O5/c1-30-21-10-9-16(13-22(21)31-2)11-12-32-23-8-4-7-19(27-23)17-5-3-6-18(14-17)26-24(29)20-15-25-33-28-20/h3-10,13-15H,11-12H2,1-2H3,(H,26,29). The molecule has 2 aromatic heterocycles. The third kappa shape index (κ3) is 5.45. The molecule has 1 N–H and O–H groups in total. The highest BCUT2D eigenvalue weighted by molar-refractivity contribution is 6.02. The summed E-state index contributed by atoms with van der Waals surface area (Å²) < 4.78 is 20.9. The Labute approximate surface area is 190 Å². The first kappa shape index (κ1) is 21.8. The largest absolute Gasteiger partial charge is 0.493 e. The average molecular weight is 446 g/mol. The summed E-state index contributed by atoms with van der Waals surface area (Å²) in [4.78, 5) is 16.8. The zero-order valence-electron chi connectivity index (χ0n) is 18.1. The molecule has 33 heavy (non-hydrogen) atoms. The lowest BCUT2D eigenvalue weighted by atomic mass is 10.1. The number of rotatable bonds is 9. The van der Waals surface area contributed by atoms with Gasteiger partial charge in [0.2, 0.25) is 5.88 Å². The summed E-state index contributed by atoms with van der Waals surface area (Å²) >= 11 is 0. The van der Waals surface area contributed by atoms with Crippen molar-refractivity contribution < 1.29 is 23.6 Å². The quantitative estimate of drug-likeness (QED) is 0.411. The number of hydrogen-bond donors (Lipinski definition) is 1. The molecule has 0 radical (unpaired) electrons. The van der Waals surface area contributed by atoms with Gasteiger partial charge in [0.05, 0.1) is 26.5 Å². The van der Waals surface area contributed by atoms with Gasteiger partial charge in [-0.25, -0.2) is 9.61 Å². The number of carbonyl (C=O) groups is 1. The lowest BCUT2D eigenvalue weighted by Crippen LogP contribution is -2.12. The normalized spacial score (nSPS) is 10.5. The van der Waals surface area contributed by atoms with Crippen LogP contribution in [0.15, 0.2) is 71.5 Å². The van der Waals surface area contributed by atoms with Crippen molar-refractivity contribution in [2.45, 2.75) is 6.42 Å². The van der Waals surface area contributed by atoms with Crippen molar-refractivity contribution >= 4 is 11.6 Å². The Kier molecular flexibility index (Phi) is 6.79. The maximum atomic E-state index is 12.2. The number of ether oxygens (including phenoxy) is 3. The number of aromatic nitrogens is 3. The smallest absolute Gasteiger partial charge is 0.279 e. The number of pyridine rings is 1. The molecule has 1 amide bonds. The Hall–Kier alpha value is -4.40. The highest BCUT2D eigenvalue weighted by Gasteiger charge is 2.11. The Morgan fingerprint density at radius 1 is 1.00 bits per heavy atom. The van der Waals surface area contributed by atoms with Gasteiger partial charge in [0, 0.05) is 23.7 Å². The molecular weight excluding hydrogens is 424 g/mol. The molecule has 2 aromatic carbocycles. The molecule has 0 spiro atoms. The van der Waals surface area contributed by atoms with E-state index in [9.17, 15) is 4.79 Å². The van der Waals surface area contributed by atoms with E-state index in [0.717, 1.165) is 16.8 Å². The molecule has 0 aliphatic rings. The molecule has 0 aliphatic carbocycles. The summed E-state index contributed by atoms with van der Waals surface area (Å²) in [6.45, 7) is 0.452. The van der Waals surface area contributed by atoms with E-state index >= 15 is 0 Å². The molecule has 0 atom stereocenters. The van der Waals surface area contributed by atoms with Crippen molar-refractivity contribution in [1.82, 2.24) is 15.3 Å². The van der Waals surface area contributed by atoms with Crippen LogP contribution in [0.1, 0.15) is 16.1 Å². The maximum Gasteiger partial charge on any atom is 0.279 e. The van der Waals surface area contributed by atoms with Crippen LogP contribution in [0.25, 0.3) is 11.3 Å². The Morgan fingerprint density at radius 3 is 2.64 bits per heavy atom. The highest BCUT2D eigenvalue weighted by Crippen LogP contribution is 2.28. The third-order valence-electron chi connectivity index (χ3n) is 4.82. The van der Waals surface area contributed by atoms with Gasteiger partial charge in [-0.2, -0.15) is 0 Å². The van der Waals surface area contributed by atoms with Gasteiger partial charge in [-0.15, -0.1) is 0 Å². The Morgan fingerprint density at radius 2 is 1.85 bits per heavy atom. The first-order chi connectivity index (χ1) is 16.2. The summed E-state index contributed by atoms with van der Waals surface area (Å²) in [5.74, 6) is 1.47. The molecule has 4 rings (SSSR count). The second-order valence-electron chi connectivity index (χ2n) is 6.98. The molecule has 0 saturated heterocycles. The first-order valence-electron chi connectivity index (χ1n) is 10.2. The van der Waals surface area contributed by atoms with Gasteiger partial charge >= 0.3 is 0 Å². The van der Waals surface area contributed by atoms with E-state index in [4.69, 9.17) is 14.2 Å². The molecular formula is C24H22N4O5. The van der Waals surface area contributed by atoms with Crippen LogP contribution in [0.3, 0.4) is 0 Å². The fourth-order valence-electron chi connectivity index (χ4n) is 3.18. The van der Waals surface area contributed by atoms with Crippen LogP contribution in [-0.2, 0) is 6.42 Å². The van der Waals surface area contributed by atoms with E-state index in [1.807, 2.05) is 48.5 Å². The van der Waals surface area contributed by atoms with Crippen LogP contribution in [0.5, 0.6) is 17.4 Å². The van der Waals surface area contributed by atoms with Crippen molar-refractivity contribution in [3.8, 4) is 28.6 Å². The van der Waals surface area contributed by atoms with Gasteiger partial charge < -0.3 is 19.5 Å². The van der Waals surface area contributed by atoms with Crippen LogP contribution < -0.4 is 19.5 Å². The van der Waals surface area contributed by atoms with E-state index in [1.54, 1.807) is 26.4 Å². The average Bonchev–Trinajstić information content (AvgIpc) is 3.40. The number of nitrogens with zero attached hydrogens (tertiary/aromatic N) is 3. The highest BCUT2D eigenvalue weighted by atomic mass is 16.6. The summed E-state index contributed by atoms with van der Waals surface area (Å²) in [6.07, 6.45) is 1.94. The van der Waals surface area contributed by atoms with E-state index in [0.29, 0.717) is 36.1 Å². The Bertz CT molecular complexity index is 1230. The van der Waals surface area contributed by atoms with E-state index in [1.165, 1.54) is 6.20 Å². The van der Waals surface area contributed by atoms with Crippen LogP contribution in [0.2, 0.25) is 0 Å². The number of amides is 1. The summed E-state index contributed by atoms with van der Waals surface area (Å²) in [5, 5.41) is 9.73. The number of nitrogens with one attached hydrogen (secondary N) is 1. The minimum Gasteiger partial charge on any atom is -0.493 e. The molecule has 0 saturated carbocycles. The fraction of sp³-hybridized carbons (Fsp3) is 0.167. The van der Waals surface area contributed by atoms with Crippen molar-refractivity contribution in [2.75, 3.05) is 26.1 Å². The maximum absolute atomic E-state index is 12.2. The summed E-state index contributed by atoms with van der Waals surface area (Å²) in [7, 11) is 3.22. The molecule has 9 nitrogen and oxygen atoms in total. The predicted octanol–water partition coefficient (Wildman–Crippen LogP) is 4.02. The van der Waals surface area contributed by atoms with Crippen LogP contribution in [0, 0.1) is 0 Å². The molecule has 0 aliphatic heterocycles. The summed E-state index contributed by atoms with van der Waals surface area (Å²) in [6, 6.07) is 18.7. The van der Waals surface area contributed by atoms with Gasteiger partial charge in [0.15, 0.2) is 17.2 Å². The fourth-order valence-corrected chi connectivity index (χ4v) is 3.18. The SMILES string of the molecule is COc1ccc(CCOc2cccc(-c3cccc(NC(=O)c4cnon4)c3)n2)cc1OC. The van der Waals surface area contributed by atoms with E-state index < -0.39 is 5.91 Å². The molecule has 4 aromatic rings. The van der Waals surface area contributed by atoms with Crippen molar-refractivity contribution in [3.63, 3.8) is 0 Å². The number of hydrogen-bond acceptors (Lipinski definition) is 8. The van der Waals surface area contributed by atoms with Crippen molar-refractivity contribution in [3.05, 3.63) is 78.1 Å². The van der Waals surface area contributed by atoms with Gasteiger partial charge in [0.1, 0.15) is 6.20 Å². The van der Waals surface area contributed by atoms with Crippen LogP contribution in [-0.4, -0.2) is 42.0 Å². The van der Waals surface area contributed by atoms with E-state index in [2.05, 4.69) is 25.2 Å². The minimum absolute atomic E-state index is 0.100. The van der Waals surface area contributed by atoms with Crippen LogP contribution >= 0.6 is 0 Å². The molecule has 2 heterocycles. The number of carbonyl (C=O) groups excluding carboxylic acids is 1. The lowest BCUT2D eigenvalue weighted by molar-refractivity contribution is 0.101. The zero-order chi connectivity index (χ0) is 23.0. The van der Waals surface area contributed by atoms with Gasteiger partial charge in [-0.05, 0) is 41.1 Å². The zero-order valence-corrected chi connectivity index (χ0v) is 18.1. The minimum atomic E-state index is -0.409. The van der Waals surface area contributed by atoms with Gasteiger partial charge in [-0.3, -0.25) is 4.79 Å². The Balaban J connectivity index is 1.40. The van der Waals surface area contributed by atoms with Gasteiger partial charge in [-0.1, -0.05) is 29.4 Å². The second-order valence-corrected chi connectivity index (χ2v) is 6.98. The number of anilines is 1. The van der Waals surface area contributed by atoms with E-state index in [-0.39, 0.29) is 5.69 Å². The molecule has 0 fully saturated rings. The summed E-state index contributed by atoms with van der Waals surface area (Å²) in [5.41, 5.74) is 3.31.